The summed E-state index contributed by atoms with van der Waals surface area (Å²) < 4.78 is 1.48. The summed E-state index contributed by atoms with van der Waals surface area (Å²) in [6.45, 7) is 0. The summed E-state index contributed by atoms with van der Waals surface area (Å²) in [7, 11) is 0. The SMILES string of the molecule is [Sn][CH2]CCCCC(C1CCCC1)(C1CCCC1)C1CCCC1. The van der Waals surface area contributed by atoms with Gasteiger partial charge in [-0.1, -0.05) is 0 Å². The van der Waals surface area contributed by atoms with Crippen molar-refractivity contribution in [1.82, 2.24) is 0 Å². The van der Waals surface area contributed by atoms with E-state index in [1.807, 2.05) is 0 Å². The van der Waals surface area contributed by atoms with Crippen LogP contribution in [0.3, 0.4) is 0 Å². The molecule has 0 nitrogen and oxygen atoms in total. The second-order valence-corrected chi connectivity index (χ2v) is 10.0. The van der Waals surface area contributed by atoms with Gasteiger partial charge in [-0.25, -0.2) is 0 Å². The van der Waals surface area contributed by atoms with Gasteiger partial charge in [0.05, 0.1) is 0 Å². The standard InChI is InChI=1S/C21H37.Sn/c1-2-3-10-17-21(18-11-4-5-12-18,19-13-6-7-14-19)20-15-8-9-16-20;/h18-20H,1-17H2;. The van der Waals surface area contributed by atoms with E-state index in [-0.39, 0.29) is 0 Å². The molecule has 0 aromatic rings. The van der Waals surface area contributed by atoms with Gasteiger partial charge in [-0.05, 0) is 0 Å². The number of hydrogen-bond donors (Lipinski definition) is 0. The Bertz CT molecular complexity index is 265. The molecule has 0 aromatic carbocycles. The van der Waals surface area contributed by atoms with Crippen molar-refractivity contribution < 1.29 is 0 Å². The summed E-state index contributed by atoms with van der Waals surface area (Å²) in [4.78, 5) is 0. The van der Waals surface area contributed by atoms with Crippen LogP contribution in [0.5, 0.6) is 0 Å². The average molecular weight is 408 g/mol. The van der Waals surface area contributed by atoms with Crippen LogP contribution >= 0.6 is 0 Å². The zero-order valence-corrected chi connectivity index (χ0v) is 17.6. The normalized spacial score (nSPS) is 25.5. The molecule has 0 spiro atoms. The van der Waals surface area contributed by atoms with Crippen LogP contribution in [0.15, 0.2) is 0 Å². The molecule has 3 radical (unpaired) electrons. The van der Waals surface area contributed by atoms with Crippen molar-refractivity contribution in [1.29, 1.82) is 0 Å². The molecule has 0 unspecified atom stereocenters. The maximum atomic E-state index is 1.75. The Morgan fingerprint density at radius 3 is 1.36 bits per heavy atom. The summed E-state index contributed by atoms with van der Waals surface area (Å²) >= 11 is 1.75. The van der Waals surface area contributed by atoms with Crippen LogP contribution in [0.4, 0.5) is 0 Å². The number of rotatable bonds is 8. The third-order valence-corrected chi connectivity index (χ3v) is 8.64. The van der Waals surface area contributed by atoms with Gasteiger partial charge in [-0.3, -0.25) is 0 Å². The molecule has 0 aromatic heterocycles. The van der Waals surface area contributed by atoms with Crippen LogP contribution in [-0.4, -0.2) is 22.5 Å². The Hall–Kier alpha value is 0.799. The molecule has 0 N–H and O–H groups in total. The molecule has 0 aliphatic heterocycles. The first kappa shape index (κ1) is 17.6. The minimum atomic E-state index is 0.796. The molecule has 0 atom stereocenters. The van der Waals surface area contributed by atoms with Crippen LogP contribution in [0.1, 0.15) is 103 Å². The maximum absolute atomic E-state index is 1.75. The quantitative estimate of drug-likeness (QED) is 0.310. The Balaban J connectivity index is 1.78. The zero-order valence-electron chi connectivity index (χ0n) is 14.8. The second kappa shape index (κ2) is 8.77. The minimum absolute atomic E-state index is 0.796. The third kappa shape index (κ3) is 3.72. The van der Waals surface area contributed by atoms with Crippen molar-refractivity contribution in [2.75, 3.05) is 0 Å². The van der Waals surface area contributed by atoms with Gasteiger partial charge in [0.2, 0.25) is 0 Å². The number of hydrogen-bond acceptors (Lipinski definition) is 0. The van der Waals surface area contributed by atoms with Gasteiger partial charge in [0, 0.05) is 0 Å². The first-order valence-electron chi connectivity index (χ1n) is 10.5. The summed E-state index contributed by atoms with van der Waals surface area (Å²) in [6, 6.07) is 0. The molecule has 3 aliphatic carbocycles. The first-order valence-corrected chi connectivity index (χ1v) is 12.5. The summed E-state index contributed by atoms with van der Waals surface area (Å²) in [5.74, 6) is 3.35. The van der Waals surface area contributed by atoms with E-state index < -0.39 is 0 Å². The molecule has 3 saturated carbocycles. The summed E-state index contributed by atoms with van der Waals surface area (Å²) in [5, 5.41) is 0. The second-order valence-electron chi connectivity index (χ2n) is 8.62. The van der Waals surface area contributed by atoms with E-state index in [0.717, 1.165) is 23.2 Å². The predicted molar refractivity (Wildman–Crippen MR) is 97.3 cm³/mol. The molecule has 0 saturated heterocycles. The Labute approximate surface area is 152 Å². The van der Waals surface area contributed by atoms with Crippen LogP contribution in [0.25, 0.3) is 0 Å². The fraction of sp³-hybridized carbons (Fsp3) is 1.00. The van der Waals surface area contributed by atoms with Crippen molar-refractivity contribution in [3.05, 3.63) is 0 Å². The van der Waals surface area contributed by atoms with E-state index in [2.05, 4.69) is 0 Å². The molecule has 1 heteroatoms. The van der Waals surface area contributed by atoms with Gasteiger partial charge in [0.15, 0.2) is 0 Å². The van der Waals surface area contributed by atoms with Crippen LogP contribution in [0, 0.1) is 23.2 Å². The van der Waals surface area contributed by atoms with Crippen molar-refractivity contribution in [3.8, 4) is 0 Å². The van der Waals surface area contributed by atoms with Gasteiger partial charge < -0.3 is 0 Å². The van der Waals surface area contributed by atoms with Gasteiger partial charge in [0.1, 0.15) is 0 Å². The van der Waals surface area contributed by atoms with Crippen molar-refractivity contribution >= 4 is 22.5 Å². The van der Waals surface area contributed by atoms with Gasteiger partial charge >= 0.3 is 153 Å². The first-order chi connectivity index (χ1) is 10.9. The van der Waals surface area contributed by atoms with Crippen molar-refractivity contribution in [2.45, 2.75) is 107 Å². The van der Waals surface area contributed by atoms with Crippen LogP contribution < -0.4 is 0 Å². The number of unbranched alkanes of at least 4 members (excludes halogenated alkanes) is 2. The predicted octanol–water partition coefficient (Wildman–Crippen LogP) is 6.69. The molecule has 125 valence electrons. The van der Waals surface area contributed by atoms with E-state index in [1.165, 1.54) is 17.3 Å². The third-order valence-electron chi connectivity index (χ3n) is 7.63. The average Bonchev–Trinajstić information content (AvgIpc) is 3.29. The summed E-state index contributed by atoms with van der Waals surface area (Å²) in [6.07, 6.45) is 25.0. The summed E-state index contributed by atoms with van der Waals surface area (Å²) in [5.41, 5.74) is 0.796. The van der Waals surface area contributed by atoms with E-state index in [4.69, 9.17) is 0 Å². The molecular weight excluding hydrogens is 371 g/mol. The monoisotopic (exact) mass is 409 g/mol. The molecule has 3 rings (SSSR count). The van der Waals surface area contributed by atoms with Crippen molar-refractivity contribution in [2.24, 2.45) is 23.2 Å². The molecule has 3 aliphatic rings. The van der Waals surface area contributed by atoms with Crippen LogP contribution in [0.2, 0.25) is 4.44 Å². The molecule has 0 bridgehead atoms. The zero-order chi connectivity index (χ0) is 15.3. The van der Waals surface area contributed by atoms with Gasteiger partial charge in [-0.15, -0.1) is 0 Å². The Morgan fingerprint density at radius 2 is 1.00 bits per heavy atom. The van der Waals surface area contributed by atoms with E-state index in [1.54, 1.807) is 112 Å². The van der Waals surface area contributed by atoms with Gasteiger partial charge in [-0.2, -0.15) is 0 Å². The van der Waals surface area contributed by atoms with E-state index >= 15 is 0 Å². The Morgan fingerprint density at radius 1 is 0.591 bits per heavy atom. The molecule has 0 amide bonds. The molecule has 3 fully saturated rings. The fourth-order valence-electron chi connectivity index (χ4n) is 6.74. The topological polar surface area (TPSA) is 0 Å². The van der Waals surface area contributed by atoms with E-state index in [9.17, 15) is 0 Å². The molecule has 0 heterocycles. The van der Waals surface area contributed by atoms with Gasteiger partial charge in [0.25, 0.3) is 0 Å². The van der Waals surface area contributed by atoms with Crippen molar-refractivity contribution in [3.63, 3.8) is 0 Å². The molecule has 22 heavy (non-hydrogen) atoms. The molecular formula is C21H37Sn. The Kier molecular flexibility index (Phi) is 7.02. The fourth-order valence-corrected chi connectivity index (χ4v) is 7.45. The van der Waals surface area contributed by atoms with Crippen LogP contribution in [-0.2, 0) is 0 Å². The van der Waals surface area contributed by atoms with E-state index in [0.29, 0.717) is 0 Å².